The number of halogens is 4. The minimum absolute atomic E-state index is 0.263. The lowest BCUT2D eigenvalue weighted by atomic mass is 10.2. The van der Waals surface area contributed by atoms with Crippen LogP contribution < -0.4 is 0 Å². The third-order valence-corrected chi connectivity index (χ3v) is 3.87. The maximum Gasteiger partial charge on any atom is 0.184 e. The van der Waals surface area contributed by atoms with E-state index in [2.05, 4.69) is 0 Å². The fourth-order valence-corrected chi connectivity index (χ4v) is 2.25. The van der Waals surface area contributed by atoms with Crippen molar-refractivity contribution in [1.29, 1.82) is 0 Å². The fraction of sp³-hybridized carbons (Fsp3) is 0.429. The van der Waals surface area contributed by atoms with Crippen LogP contribution in [0.4, 0.5) is 0 Å². The third kappa shape index (κ3) is 1.11. The average Bonchev–Trinajstić information content (AvgIpc) is 2.46. The Hall–Kier alpha value is 0.600. The van der Waals surface area contributed by atoms with E-state index in [-0.39, 0.29) is 17.2 Å². The van der Waals surface area contributed by atoms with Gasteiger partial charge in [-0.1, -0.05) is 58.6 Å². The number of alkyl halides is 2. The van der Waals surface area contributed by atoms with E-state index in [1.807, 2.05) is 0 Å². The van der Waals surface area contributed by atoms with Crippen LogP contribution >= 0.6 is 46.4 Å². The van der Waals surface area contributed by atoms with Crippen LogP contribution in [0, 0.1) is 0 Å². The molecule has 2 heterocycles. The van der Waals surface area contributed by atoms with Crippen LogP contribution in [0.2, 0.25) is 0 Å². The first-order valence-electron chi connectivity index (χ1n) is 3.30. The molecule has 0 spiro atoms. The van der Waals surface area contributed by atoms with Gasteiger partial charge in [0, 0.05) is 0 Å². The molecule has 0 aromatic heterocycles. The van der Waals surface area contributed by atoms with Crippen molar-refractivity contribution in [3.63, 3.8) is 0 Å². The van der Waals surface area contributed by atoms with Crippen molar-refractivity contribution in [1.82, 2.24) is 0 Å². The van der Waals surface area contributed by atoms with Gasteiger partial charge in [-0.25, -0.2) is 0 Å². The molecule has 0 aromatic carbocycles. The Labute approximate surface area is 89.9 Å². The molecule has 5 heteroatoms. The largest absolute Gasteiger partial charge is 0.358 e. The first kappa shape index (κ1) is 9.17. The van der Waals surface area contributed by atoms with Gasteiger partial charge >= 0.3 is 0 Å². The lowest BCUT2D eigenvalue weighted by Crippen LogP contribution is -2.37. The molecule has 0 N–H and O–H groups in total. The molecule has 0 unspecified atom stereocenters. The van der Waals surface area contributed by atoms with Crippen molar-refractivity contribution in [2.45, 2.75) is 16.5 Å². The van der Waals surface area contributed by atoms with E-state index in [0.717, 1.165) is 0 Å². The van der Waals surface area contributed by atoms with E-state index < -0.39 is 4.33 Å². The summed E-state index contributed by atoms with van der Waals surface area (Å²) in [5.41, 5.74) is 0. The lowest BCUT2D eigenvalue weighted by molar-refractivity contribution is 0.0704. The first-order chi connectivity index (χ1) is 5.53. The molecule has 2 aliphatic rings. The summed E-state index contributed by atoms with van der Waals surface area (Å²) in [6, 6.07) is 0. The molecular formula is C7H4Cl4O. The predicted octanol–water partition coefficient (Wildman–Crippen LogP) is 3.19. The van der Waals surface area contributed by atoms with Crippen LogP contribution in [0.15, 0.2) is 22.2 Å². The molecule has 0 aromatic rings. The number of hydrogen-bond donors (Lipinski definition) is 0. The summed E-state index contributed by atoms with van der Waals surface area (Å²) in [6.45, 7) is 0. The molecule has 2 aliphatic heterocycles. The monoisotopic (exact) mass is 244 g/mol. The van der Waals surface area contributed by atoms with Crippen molar-refractivity contribution < 1.29 is 4.74 Å². The van der Waals surface area contributed by atoms with E-state index in [0.29, 0.717) is 5.03 Å². The summed E-state index contributed by atoms with van der Waals surface area (Å²) in [7, 11) is 0. The van der Waals surface area contributed by atoms with Gasteiger partial charge in [0.05, 0.1) is 10.1 Å². The minimum atomic E-state index is -1.23. The maximum absolute atomic E-state index is 5.93. The molecule has 1 nitrogen and oxygen atoms in total. The summed E-state index contributed by atoms with van der Waals surface area (Å²) < 4.78 is 4.11. The second-order valence-corrected chi connectivity index (χ2v) is 4.82. The van der Waals surface area contributed by atoms with Crippen molar-refractivity contribution in [3.8, 4) is 0 Å². The quantitative estimate of drug-likeness (QED) is 0.471. The molecule has 66 valence electrons. The van der Waals surface area contributed by atoms with E-state index in [1.54, 1.807) is 12.2 Å². The van der Waals surface area contributed by atoms with Crippen molar-refractivity contribution in [2.24, 2.45) is 0 Å². The standard InChI is InChI=1S/C7H4Cl4O/c8-5-3-1-2-4(12-3)7(10,11)6(5)9/h1-4H/t3-,4+/m0/s1. The molecule has 0 saturated heterocycles. The molecule has 2 atom stereocenters. The van der Waals surface area contributed by atoms with E-state index in [1.165, 1.54) is 0 Å². The zero-order chi connectivity index (χ0) is 8.93. The van der Waals surface area contributed by atoms with Gasteiger partial charge in [0.25, 0.3) is 0 Å². The molecule has 2 rings (SSSR count). The second kappa shape index (κ2) is 2.79. The van der Waals surface area contributed by atoms with Crippen LogP contribution in [0.3, 0.4) is 0 Å². The van der Waals surface area contributed by atoms with Crippen LogP contribution in [0.25, 0.3) is 0 Å². The van der Waals surface area contributed by atoms with Gasteiger partial charge in [-0.05, 0) is 0 Å². The number of rotatable bonds is 0. The molecule has 0 amide bonds. The summed E-state index contributed by atoms with van der Waals surface area (Å²) >= 11 is 23.5. The van der Waals surface area contributed by atoms with E-state index >= 15 is 0 Å². The van der Waals surface area contributed by atoms with Gasteiger partial charge in [0.2, 0.25) is 0 Å². The molecule has 0 aliphatic carbocycles. The summed E-state index contributed by atoms with van der Waals surface area (Å²) in [6.07, 6.45) is 2.90. The van der Waals surface area contributed by atoms with Crippen LogP contribution in [0.1, 0.15) is 0 Å². The summed E-state index contributed by atoms with van der Waals surface area (Å²) in [5.74, 6) is 0. The Morgan fingerprint density at radius 3 is 2.58 bits per heavy atom. The number of ether oxygens (including phenoxy) is 1. The minimum Gasteiger partial charge on any atom is -0.358 e. The van der Waals surface area contributed by atoms with Crippen molar-refractivity contribution in [3.05, 3.63) is 22.2 Å². The van der Waals surface area contributed by atoms with Gasteiger partial charge < -0.3 is 4.74 Å². The highest BCUT2D eigenvalue weighted by molar-refractivity contribution is 6.58. The van der Waals surface area contributed by atoms with Gasteiger partial charge in [0.1, 0.15) is 12.2 Å². The Morgan fingerprint density at radius 1 is 1.25 bits per heavy atom. The number of hydrogen-bond acceptors (Lipinski definition) is 1. The molecule has 12 heavy (non-hydrogen) atoms. The maximum atomic E-state index is 5.93. The zero-order valence-electron chi connectivity index (χ0n) is 5.73. The highest BCUT2D eigenvalue weighted by Crippen LogP contribution is 2.48. The van der Waals surface area contributed by atoms with Crippen LogP contribution in [-0.2, 0) is 4.74 Å². The van der Waals surface area contributed by atoms with E-state index in [4.69, 9.17) is 51.1 Å². The number of fused-ring (bicyclic) bond motifs is 2. The van der Waals surface area contributed by atoms with Crippen LogP contribution in [0.5, 0.6) is 0 Å². The van der Waals surface area contributed by atoms with E-state index in [9.17, 15) is 0 Å². The Balaban J connectivity index is 2.51. The third-order valence-electron chi connectivity index (χ3n) is 1.86. The Morgan fingerprint density at radius 2 is 1.92 bits per heavy atom. The van der Waals surface area contributed by atoms with Crippen molar-refractivity contribution in [2.75, 3.05) is 0 Å². The molecule has 0 saturated carbocycles. The topological polar surface area (TPSA) is 9.23 Å². The Kier molecular flexibility index (Phi) is 2.13. The van der Waals surface area contributed by atoms with Crippen molar-refractivity contribution >= 4 is 46.4 Å². The molecule has 0 fully saturated rings. The highest BCUT2D eigenvalue weighted by atomic mass is 35.5. The SMILES string of the molecule is ClC1=C(Cl)C(Cl)(Cl)[C@H]2C=C[C@@H]1O2. The van der Waals surface area contributed by atoms with Gasteiger partial charge in [-0.3, -0.25) is 0 Å². The van der Waals surface area contributed by atoms with Gasteiger partial charge in [0.15, 0.2) is 4.33 Å². The second-order valence-electron chi connectivity index (χ2n) is 2.65. The summed E-state index contributed by atoms with van der Waals surface area (Å²) in [4.78, 5) is 0. The smallest absolute Gasteiger partial charge is 0.184 e. The molecule has 0 radical (unpaired) electrons. The van der Waals surface area contributed by atoms with Crippen LogP contribution in [-0.4, -0.2) is 16.5 Å². The zero-order valence-corrected chi connectivity index (χ0v) is 8.75. The fourth-order valence-electron chi connectivity index (χ4n) is 1.21. The normalized spacial score (nSPS) is 37.7. The average molecular weight is 246 g/mol. The predicted molar refractivity (Wildman–Crippen MR) is 51.0 cm³/mol. The first-order valence-corrected chi connectivity index (χ1v) is 4.82. The van der Waals surface area contributed by atoms with Gasteiger partial charge in [-0.15, -0.1) is 0 Å². The lowest BCUT2D eigenvalue weighted by Gasteiger charge is -2.31. The van der Waals surface area contributed by atoms with Gasteiger partial charge in [-0.2, -0.15) is 0 Å². The Bertz CT molecular complexity index is 281. The molecular weight excluding hydrogens is 242 g/mol. The molecule has 2 bridgehead atoms. The summed E-state index contributed by atoms with van der Waals surface area (Å²) in [5, 5.41) is 0.630. The highest BCUT2D eigenvalue weighted by Gasteiger charge is 2.47.